The van der Waals surface area contributed by atoms with Crippen LogP contribution in [0.3, 0.4) is 0 Å². The van der Waals surface area contributed by atoms with Crippen molar-refractivity contribution in [2.45, 2.75) is 25.4 Å². The number of likely N-dealkylation sites (tertiary alicyclic amines) is 1. The van der Waals surface area contributed by atoms with Gasteiger partial charge in [0, 0.05) is 38.9 Å². The van der Waals surface area contributed by atoms with E-state index in [1.165, 1.54) is 0 Å². The van der Waals surface area contributed by atoms with E-state index in [4.69, 9.17) is 10.5 Å². The first-order chi connectivity index (χ1) is 11.6. The average Bonchev–Trinajstić information content (AvgIpc) is 2.64. The summed E-state index contributed by atoms with van der Waals surface area (Å²) in [4.78, 5) is 26.3. The van der Waals surface area contributed by atoms with Crippen molar-refractivity contribution in [2.75, 3.05) is 33.3 Å². The van der Waals surface area contributed by atoms with Crippen molar-refractivity contribution in [3.05, 3.63) is 35.9 Å². The van der Waals surface area contributed by atoms with Crippen LogP contribution in [0.15, 0.2) is 30.3 Å². The summed E-state index contributed by atoms with van der Waals surface area (Å²) in [5.41, 5.74) is 6.24. The second-order valence-corrected chi connectivity index (χ2v) is 6.22. The Kier molecular flexibility index (Phi) is 7.21. The Hall–Kier alpha value is -1.92. The molecule has 3 N–H and O–H groups in total. The molecule has 1 fully saturated rings. The lowest BCUT2D eigenvalue weighted by Crippen LogP contribution is -2.45. The van der Waals surface area contributed by atoms with E-state index < -0.39 is 0 Å². The second kappa shape index (κ2) is 9.39. The van der Waals surface area contributed by atoms with Crippen LogP contribution >= 0.6 is 0 Å². The van der Waals surface area contributed by atoms with Crippen LogP contribution in [0.4, 0.5) is 0 Å². The average molecular weight is 333 g/mol. The number of carbonyl (C=O) groups excluding carboxylic acids is 2. The second-order valence-electron chi connectivity index (χ2n) is 6.22. The normalized spacial score (nSPS) is 18.9. The van der Waals surface area contributed by atoms with Gasteiger partial charge in [-0.2, -0.15) is 0 Å². The van der Waals surface area contributed by atoms with E-state index in [-0.39, 0.29) is 23.8 Å². The number of ether oxygens (including phenoxy) is 1. The molecule has 132 valence electrons. The van der Waals surface area contributed by atoms with Gasteiger partial charge < -0.3 is 20.7 Å². The van der Waals surface area contributed by atoms with Crippen molar-refractivity contribution in [2.24, 2.45) is 11.7 Å². The summed E-state index contributed by atoms with van der Waals surface area (Å²) in [7, 11) is 1.57. The number of hydrogen-bond donors (Lipinski definition) is 2. The molecule has 2 unspecified atom stereocenters. The lowest BCUT2D eigenvalue weighted by atomic mass is 9.97. The molecule has 0 aromatic heterocycles. The summed E-state index contributed by atoms with van der Waals surface area (Å²) in [6.07, 6.45) is 2.06. The molecule has 2 rings (SSSR count). The number of piperidine rings is 1. The quantitative estimate of drug-likeness (QED) is 0.780. The fourth-order valence-corrected chi connectivity index (χ4v) is 2.97. The molecule has 6 heteroatoms. The molecule has 0 aliphatic carbocycles. The molecule has 0 bridgehead atoms. The number of nitrogens with one attached hydrogen (secondary N) is 1. The van der Waals surface area contributed by atoms with E-state index >= 15 is 0 Å². The number of carbonyl (C=O) groups is 2. The van der Waals surface area contributed by atoms with E-state index in [1.54, 1.807) is 19.2 Å². The highest BCUT2D eigenvalue weighted by atomic mass is 16.5. The Morgan fingerprint density at radius 3 is 2.79 bits per heavy atom. The molecule has 0 saturated carbocycles. The van der Waals surface area contributed by atoms with E-state index in [9.17, 15) is 9.59 Å². The van der Waals surface area contributed by atoms with Gasteiger partial charge in [0.15, 0.2) is 0 Å². The van der Waals surface area contributed by atoms with Crippen molar-refractivity contribution >= 4 is 11.8 Å². The van der Waals surface area contributed by atoms with Crippen LogP contribution < -0.4 is 11.1 Å². The molecule has 0 radical (unpaired) electrons. The summed E-state index contributed by atoms with van der Waals surface area (Å²) in [6, 6.07) is 9.17. The maximum Gasteiger partial charge on any atom is 0.251 e. The zero-order chi connectivity index (χ0) is 17.4. The summed E-state index contributed by atoms with van der Waals surface area (Å²) >= 11 is 0. The molecule has 2 atom stereocenters. The van der Waals surface area contributed by atoms with Crippen LogP contribution in [0, 0.1) is 5.92 Å². The Morgan fingerprint density at radius 2 is 2.12 bits per heavy atom. The third-order valence-electron chi connectivity index (χ3n) is 4.46. The summed E-state index contributed by atoms with van der Waals surface area (Å²) in [5, 5.41) is 2.97. The van der Waals surface area contributed by atoms with E-state index in [2.05, 4.69) is 5.32 Å². The number of amides is 2. The predicted molar refractivity (Wildman–Crippen MR) is 92.5 cm³/mol. The highest BCUT2D eigenvalue weighted by Gasteiger charge is 2.25. The fraction of sp³-hybridized carbons (Fsp3) is 0.556. The zero-order valence-electron chi connectivity index (χ0n) is 14.2. The fourth-order valence-electron chi connectivity index (χ4n) is 2.97. The number of benzene rings is 1. The highest BCUT2D eigenvalue weighted by Crippen LogP contribution is 2.17. The van der Waals surface area contributed by atoms with Gasteiger partial charge in [-0.1, -0.05) is 18.2 Å². The summed E-state index contributed by atoms with van der Waals surface area (Å²) < 4.78 is 5.19. The van der Waals surface area contributed by atoms with Crippen molar-refractivity contribution in [3.63, 3.8) is 0 Å². The smallest absolute Gasteiger partial charge is 0.251 e. The minimum absolute atomic E-state index is 0.0679. The number of nitrogens with zero attached hydrogens (tertiary/aromatic N) is 1. The van der Waals surface area contributed by atoms with Gasteiger partial charge in [0.25, 0.3) is 5.91 Å². The monoisotopic (exact) mass is 333 g/mol. The zero-order valence-corrected chi connectivity index (χ0v) is 14.2. The van der Waals surface area contributed by atoms with Crippen molar-refractivity contribution in [3.8, 4) is 0 Å². The topological polar surface area (TPSA) is 84.7 Å². The van der Waals surface area contributed by atoms with Crippen molar-refractivity contribution in [1.29, 1.82) is 0 Å². The molecule has 24 heavy (non-hydrogen) atoms. The van der Waals surface area contributed by atoms with Gasteiger partial charge in [0.1, 0.15) is 0 Å². The molecule has 0 spiro atoms. The van der Waals surface area contributed by atoms with Crippen LogP contribution in [0.1, 0.15) is 29.6 Å². The molecule has 2 amide bonds. The van der Waals surface area contributed by atoms with Gasteiger partial charge in [-0.25, -0.2) is 0 Å². The first kappa shape index (κ1) is 18.4. The molecule has 1 aliphatic rings. The minimum atomic E-state index is -0.226. The van der Waals surface area contributed by atoms with Crippen molar-refractivity contribution < 1.29 is 14.3 Å². The maximum atomic E-state index is 12.3. The Labute approximate surface area is 143 Å². The van der Waals surface area contributed by atoms with E-state index in [1.807, 2.05) is 23.1 Å². The molecule has 1 aliphatic heterocycles. The standard InChI is InChI=1S/C18H27N3O3/c1-24-16(11-19)10-17(22)21-9-5-6-14(13-21)12-20-18(23)15-7-3-2-4-8-15/h2-4,7-8,14,16H,5-6,9-13,19H2,1H3,(H,20,23). The minimum Gasteiger partial charge on any atom is -0.380 e. The van der Waals surface area contributed by atoms with Crippen LogP contribution in [-0.2, 0) is 9.53 Å². The van der Waals surface area contributed by atoms with Gasteiger partial charge in [-0.05, 0) is 30.9 Å². The third kappa shape index (κ3) is 5.32. The van der Waals surface area contributed by atoms with Gasteiger partial charge in [-0.3, -0.25) is 9.59 Å². The molecule has 1 aromatic rings. The number of methoxy groups -OCH3 is 1. The lowest BCUT2D eigenvalue weighted by molar-refractivity contribution is -0.135. The number of nitrogens with two attached hydrogens (primary N) is 1. The first-order valence-corrected chi connectivity index (χ1v) is 8.48. The van der Waals surface area contributed by atoms with Gasteiger partial charge in [0.05, 0.1) is 12.5 Å². The first-order valence-electron chi connectivity index (χ1n) is 8.48. The van der Waals surface area contributed by atoms with E-state index in [0.717, 1.165) is 19.4 Å². The van der Waals surface area contributed by atoms with Crippen LogP contribution in [0.5, 0.6) is 0 Å². The predicted octanol–water partition coefficient (Wildman–Crippen LogP) is 1.02. The third-order valence-corrected chi connectivity index (χ3v) is 4.46. The van der Waals surface area contributed by atoms with Crippen molar-refractivity contribution in [1.82, 2.24) is 10.2 Å². The Morgan fingerprint density at radius 1 is 1.38 bits per heavy atom. The molecule has 1 aromatic carbocycles. The van der Waals surface area contributed by atoms with Gasteiger partial charge in [-0.15, -0.1) is 0 Å². The van der Waals surface area contributed by atoms with Crippen LogP contribution in [0.2, 0.25) is 0 Å². The molecule has 1 saturated heterocycles. The maximum absolute atomic E-state index is 12.3. The van der Waals surface area contributed by atoms with E-state index in [0.29, 0.717) is 31.6 Å². The highest BCUT2D eigenvalue weighted by molar-refractivity contribution is 5.94. The number of hydrogen-bond acceptors (Lipinski definition) is 4. The molecule has 1 heterocycles. The number of rotatable bonds is 7. The largest absolute Gasteiger partial charge is 0.380 e. The Balaban J connectivity index is 1.80. The van der Waals surface area contributed by atoms with Crippen LogP contribution in [-0.4, -0.2) is 56.1 Å². The van der Waals surface area contributed by atoms with Gasteiger partial charge in [0.2, 0.25) is 5.91 Å². The SMILES string of the molecule is COC(CN)CC(=O)N1CCCC(CNC(=O)c2ccccc2)C1. The van der Waals surface area contributed by atoms with Gasteiger partial charge >= 0.3 is 0 Å². The molecular weight excluding hydrogens is 306 g/mol. The lowest BCUT2D eigenvalue weighted by Gasteiger charge is -2.33. The summed E-state index contributed by atoms with van der Waals surface area (Å²) in [6.45, 7) is 2.37. The molecular formula is C18H27N3O3. The summed E-state index contributed by atoms with van der Waals surface area (Å²) in [5.74, 6) is 0.294. The molecule has 6 nitrogen and oxygen atoms in total. The van der Waals surface area contributed by atoms with Crippen LogP contribution in [0.25, 0.3) is 0 Å². The Bertz CT molecular complexity index is 532.